The molecule has 0 aliphatic rings. The maximum absolute atomic E-state index is 6.00. The normalized spacial score (nSPS) is 12.1. The number of hydrogen-bond donors (Lipinski definition) is 1. The second kappa shape index (κ2) is 8.42. The second-order valence-corrected chi connectivity index (χ2v) is 5.02. The van der Waals surface area contributed by atoms with Crippen LogP contribution >= 0.6 is 0 Å². The molecule has 1 atom stereocenters. The van der Waals surface area contributed by atoms with Crippen molar-refractivity contribution in [3.8, 4) is 5.75 Å². The molecule has 0 aliphatic carbocycles. The van der Waals surface area contributed by atoms with Gasteiger partial charge in [0.05, 0.1) is 6.61 Å². The molecule has 1 heterocycles. The number of benzene rings is 1. The zero-order valence-electron chi connectivity index (χ0n) is 12.9. The van der Waals surface area contributed by atoms with Gasteiger partial charge in [0, 0.05) is 30.4 Å². The summed E-state index contributed by atoms with van der Waals surface area (Å²) in [4.78, 5) is 4.13. The summed E-state index contributed by atoms with van der Waals surface area (Å²) in [5, 5.41) is 3.51. The third kappa shape index (κ3) is 4.57. The number of ether oxygens (including phenoxy) is 1. The van der Waals surface area contributed by atoms with Crippen molar-refractivity contribution in [3.63, 3.8) is 0 Å². The zero-order valence-corrected chi connectivity index (χ0v) is 12.9. The van der Waals surface area contributed by atoms with Crippen LogP contribution in [0.15, 0.2) is 48.8 Å². The first-order valence-corrected chi connectivity index (χ1v) is 7.69. The van der Waals surface area contributed by atoms with Crippen LogP contribution in [-0.2, 0) is 6.42 Å². The first-order valence-electron chi connectivity index (χ1n) is 7.69. The van der Waals surface area contributed by atoms with E-state index in [0.29, 0.717) is 12.6 Å². The molecular formula is C18H24N2O. The van der Waals surface area contributed by atoms with Crippen LogP contribution in [0.2, 0.25) is 0 Å². The molecule has 3 heteroatoms. The van der Waals surface area contributed by atoms with E-state index in [-0.39, 0.29) is 0 Å². The largest absolute Gasteiger partial charge is 0.493 e. The highest BCUT2D eigenvalue weighted by Crippen LogP contribution is 2.27. The molecule has 3 nitrogen and oxygen atoms in total. The molecule has 1 unspecified atom stereocenters. The molecular weight excluding hydrogens is 260 g/mol. The molecule has 2 rings (SSSR count). The second-order valence-electron chi connectivity index (χ2n) is 5.02. The lowest BCUT2D eigenvalue weighted by Crippen LogP contribution is -2.21. The topological polar surface area (TPSA) is 34.1 Å². The van der Waals surface area contributed by atoms with E-state index in [9.17, 15) is 0 Å². The highest BCUT2D eigenvalue weighted by Gasteiger charge is 2.12. The van der Waals surface area contributed by atoms with E-state index in [4.69, 9.17) is 4.74 Å². The van der Waals surface area contributed by atoms with E-state index >= 15 is 0 Å². The van der Waals surface area contributed by atoms with E-state index in [1.165, 1.54) is 11.1 Å². The molecule has 1 aromatic heterocycles. The van der Waals surface area contributed by atoms with Crippen LogP contribution in [0.3, 0.4) is 0 Å². The minimum atomic E-state index is 0.351. The molecule has 0 radical (unpaired) electrons. The lowest BCUT2D eigenvalue weighted by atomic mass is 10.0. The first kappa shape index (κ1) is 15.5. The van der Waals surface area contributed by atoms with Crippen molar-refractivity contribution in [1.29, 1.82) is 0 Å². The maximum atomic E-state index is 6.00. The molecule has 0 fully saturated rings. The van der Waals surface area contributed by atoms with Gasteiger partial charge < -0.3 is 10.1 Å². The Labute approximate surface area is 127 Å². The van der Waals surface area contributed by atoms with Gasteiger partial charge in [0.2, 0.25) is 0 Å². The van der Waals surface area contributed by atoms with E-state index in [0.717, 1.165) is 25.1 Å². The fraction of sp³-hybridized carbons (Fsp3) is 0.389. The Hall–Kier alpha value is -1.87. The number of para-hydroxylation sites is 1. The Morgan fingerprint density at radius 3 is 2.71 bits per heavy atom. The minimum absolute atomic E-state index is 0.351. The molecule has 0 saturated carbocycles. The van der Waals surface area contributed by atoms with E-state index in [1.807, 2.05) is 18.3 Å². The molecule has 21 heavy (non-hydrogen) atoms. The summed E-state index contributed by atoms with van der Waals surface area (Å²) >= 11 is 0. The summed E-state index contributed by atoms with van der Waals surface area (Å²) in [5.74, 6) is 0.981. The molecule has 0 bridgehead atoms. The summed E-state index contributed by atoms with van der Waals surface area (Å²) in [6.07, 6.45) is 5.61. The third-order valence-electron chi connectivity index (χ3n) is 3.52. The summed E-state index contributed by atoms with van der Waals surface area (Å²) in [6, 6.07) is 12.7. The van der Waals surface area contributed by atoms with Gasteiger partial charge in [-0.2, -0.15) is 0 Å². The van der Waals surface area contributed by atoms with Gasteiger partial charge in [-0.3, -0.25) is 4.98 Å². The zero-order chi connectivity index (χ0) is 14.9. The van der Waals surface area contributed by atoms with Crippen molar-refractivity contribution in [2.75, 3.05) is 13.2 Å². The molecule has 0 aliphatic heterocycles. The molecule has 0 spiro atoms. The highest BCUT2D eigenvalue weighted by atomic mass is 16.5. The van der Waals surface area contributed by atoms with Crippen molar-refractivity contribution in [3.05, 3.63) is 59.9 Å². The standard InChI is InChI=1S/C18H24N2O/c1-3-17(20-4-2)16-9-5-6-10-18(16)21-13-11-15-8-7-12-19-14-15/h5-10,12,14,17,20H,3-4,11,13H2,1-2H3. The van der Waals surface area contributed by atoms with Crippen molar-refractivity contribution >= 4 is 0 Å². The van der Waals surface area contributed by atoms with Crippen LogP contribution in [0.1, 0.15) is 37.4 Å². The molecule has 1 aromatic carbocycles. The number of aromatic nitrogens is 1. The van der Waals surface area contributed by atoms with Crippen molar-refractivity contribution in [2.45, 2.75) is 32.7 Å². The van der Waals surface area contributed by atoms with Gasteiger partial charge in [-0.25, -0.2) is 0 Å². The molecule has 0 amide bonds. The predicted molar refractivity (Wildman–Crippen MR) is 86.6 cm³/mol. The quantitative estimate of drug-likeness (QED) is 0.801. The summed E-state index contributed by atoms with van der Waals surface area (Å²) < 4.78 is 6.00. The van der Waals surface area contributed by atoms with Crippen LogP contribution < -0.4 is 10.1 Å². The average Bonchev–Trinajstić information content (AvgIpc) is 2.54. The molecule has 1 N–H and O–H groups in total. The summed E-state index contributed by atoms with van der Waals surface area (Å²) in [7, 11) is 0. The van der Waals surface area contributed by atoms with Gasteiger partial charge in [0.15, 0.2) is 0 Å². The number of nitrogens with zero attached hydrogens (tertiary/aromatic N) is 1. The smallest absolute Gasteiger partial charge is 0.124 e. The molecule has 112 valence electrons. The lowest BCUT2D eigenvalue weighted by Gasteiger charge is -2.20. The van der Waals surface area contributed by atoms with Gasteiger partial charge in [-0.05, 0) is 30.7 Å². The maximum Gasteiger partial charge on any atom is 0.124 e. The number of nitrogens with one attached hydrogen (secondary N) is 1. The van der Waals surface area contributed by atoms with Gasteiger partial charge in [0.1, 0.15) is 5.75 Å². The predicted octanol–water partition coefficient (Wildman–Crippen LogP) is 3.76. The van der Waals surface area contributed by atoms with Crippen LogP contribution in [-0.4, -0.2) is 18.1 Å². The van der Waals surface area contributed by atoms with Crippen LogP contribution in [0, 0.1) is 0 Å². The van der Waals surface area contributed by atoms with Crippen LogP contribution in [0.25, 0.3) is 0 Å². The van der Waals surface area contributed by atoms with E-state index < -0.39 is 0 Å². The van der Waals surface area contributed by atoms with Crippen LogP contribution in [0.4, 0.5) is 0 Å². The summed E-state index contributed by atoms with van der Waals surface area (Å²) in [5.41, 5.74) is 2.45. The SMILES string of the molecule is CCNC(CC)c1ccccc1OCCc1cccnc1. The minimum Gasteiger partial charge on any atom is -0.493 e. The van der Waals surface area contributed by atoms with E-state index in [1.54, 1.807) is 6.20 Å². The number of pyridine rings is 1. The monoisotopic (exact) mass is 284 g/mol. The molecule has 0 saturated heterocycles. The van der Waals surface area contributed by atoms with Crippen LogP contribution in [0.5, 0.6) is 5.75 Å². The first-order chi connectivity index (χ1) is 10.3. The number of rotatable bonds is 8. The Morgan fingerprint density at radius 1 is 1.14 bits per heavy atom. The summed E-state index contributed by atoms with van der Waals surface area (Å²) in [6.45, 7) is 5.96. The average molecular weight is 284 g/mol. The van der Waals surface area contributed by atoms with Crippen molar-refractivity contribution in [1.82, 2.24) is 10.3 Å². The Kier molecular flexibility index (Phi) is 6.22. The van der Waals surface area contributed by atoms with Crippen molar-refractivity contribution in [2.24, 2.45) is 0 Å². The Morgan fingerprint density at radius 2 is 2.00 bits per heavy atom. The molecule has 2 aromatic rings. The fourth-order valence-electron chi connectivity index (χ4n) is 2.45. The van der Waals surface area contributed by atoms with Crippen molar-refractivity contribution < 1.29 is 4.74 Å². The fourth-order valence-corrected chi connectivity index (χ4v) is 2.45. The van der Waals surface area contributed by atoms with Gasteiger partial charge in [-0.1, -0.05) is 38.1 Å². The highest BCUT2D eigenvalue weighted by molar-refractivity contribution is 5.36. The van der Waals surface area contributed by atoms with Gasteiger partial charge in [-0.15, -0.1) is 0 Å². The van der Waals surface area contributed by atoms with Gasteiger partial charge >= 0.3 is 0 Å². The van der Waals surface area contributed by atoms with E-state index in [2.05, 4.69) is 48.4 Å². The van der Waals surface area contributed by atoms with Gasteiger partial charge in [0.25, 0.3) is 0 Å². The third-order valence-corrected chi connectivity index (χ3v) is 3.52. The Balaban J connectivity index is 1.99. The number of hydrogen-bond acceptors (Lipinski definition) is 3. The lowest BCUT2D eigenvalue weighted by molar-refractivity contribution is 0.313. The Bertz CT molecular complexity index is 528.